The van der Waals surface area contributed by atoms with E-state index in [0.29, 0.717) is 4.90 Å². The van der Waals surface area contributed by atoms with E-state index in [1.54, 1.807) is 0 Å². The monoisotopic (exact) mass is 391 g/mol. The average Bonchev–Trinajstić information content (AvgIpc) is 2.57. The van der Waals surface area contributed by atoms with E-state index in [-0.39, 0.29) is 17.3 Å². The standard InChI is InChI=1S/C16H14F5N3O3/c1-24(8-13(25)16(19,20)21)15(26)23-14-7-10(4-5-22-14)27-9-2-3-11(17)12(18)6-9/h2-7,13,25H,8H2,1H3,(H,22,23,26)/t13-/m1/s1. The molecule has 0 radical (unpaired) electrons. The van der Waals surface area contributed by atoms with Gasteiger partial charge in [-0.15, -0.1) is 0 Å². The highest BCUT2D eigenvalue weighted by molar-refractivity contribution is 5.88. The van der Waals surface area contributed by atoms with Crippen molar-refractivity contribution in [3.05, 3.63) is 48.2 Å². The number of aromatic nitrogens is 1. The number of aliphatic hydroxyl groups excluding tert-OH is 1. The van der Waals surface area contributed by atoms with E-state index in [0.717, 1.165) is 19.2 Å². The van der Waals surface area contributed by atoms with Crippen molar-refractivity contribution >= 4 is 11.8 Å². The van der Waals surface area contributed by atoms with Crippen molar-refractivity contribution in [3.8, 4) is 11.5 Å². The number of carbonyl (C=O) groups is 1. The van der Waals surface area contributed by atoms with Crippen LogP contribution in [0.4, 0.5) is 32.6 Å². The molecule has 0 spiro atoms. The first-order chi connectivity index (χ1) is 12.6. The van der Waals surface area contributed by atoms with Crippen molar-refractivity contribution in [1.29, 1.82) is 0 Å². The molecular weight excluding hydrogens is 377 g/mol. The van der Waals surface area contributed by atoms with Crippen molar-refractivity contribution in [1.82, 2.24) is 9.88 Å². The fourth-order valence-electron chi connectivity index (χ4n) is 1.87. The Bertz CT molecular complexity index is 816. The Morgan fingerprint density at radius 2 is 1.89 bits per heavy atom. The summed E-state index contributed by atoms with van der Waals surface area (Å²) >= 11 is 0. The zero-order valence-corrected chi connectivity index (χ0v) is 13.8. The summed E-state index contributed by atoms with van der Waals surface area (Å²) in [6.45, 7) is -0.972. The van der Waals surface area contributed by atoms with Crippen molar-refractivity contribution in [2.45, 2.75) is 12.3 Å². The van der Waals surface area contributed by atoms with Gasteiger partial charge in [0.2, 0.25) is 0 Å². The minimum absolute atomic E-state index is 0.0113. The Kier molecular flexibility index (Phi) is 6.16. The summed E-state index contributed by atoms with van der Waals surface area (Å²) < 4.78 is 68.4. The number of ether oxygens (including phenoxy) is 1. The molecule has 2 rings (SSSR count). The number of halogens is 5. The molecule has 0 saturated carbocycles. The SMILES string of the molecule is CN(C[C@@H](O)C(F)(F)F)C(=O)Nc1cc(Oc2ccc(F)c(F)c2)ccn1. The van der Waals surface area contributed by atoms with E-state index < -0.39 is 36.5 Å². The number of carbonyl (C=O) groups excluding carboxylic acids is 1. The predicted octanol–water partition coefficient (Wildman–Crippen LogP) is 3.54. The van der Waals surface area contributed by atoms with Crippen LogP contribution in [0, 0.1) is 11.6 Å². The number of alkyl halides is 3. The van der Waals surface area contributed by atoms with Crippen LogP contribution in [0.15, 0.2) is 36.5 Å². The van der Waals surface area contributed by atoms with Gasteiger partial charge in [-0.2, -0.15) is 13.2 Å². The van der Waals surface area contributed by atoms with Crippen LogP contribution in [0.2, 0.25) is 0 Å². The number of likely N-dealkylation sites (N-methyl/N-ethyl adjacent to an activating group) is 1. The second-order valence-corrected chi connectivity index (χ2v) is 5.42. The van der Waals surface area contributed by atoms with Crippen molar-refractivity contribution < 1.29 is 36.6 Å². The highest BCUT2D eigenvalue weighted by atomic mass is 19.4. The van der Waals surface area contributed by atoms with Gasteiger partial charge in [0.15, 0.2) is 17.7 Å². The number of nitrogens with zero attached hydrogens (tertiary/aromatic N) is 2. The molecule has 0 unspecified atom stereocenters. The summed E-state index contributed by atoms with van der Waals surface area (Å²) in [5.41, 5.74) is 0. The molecule has 6 nitrogen and oxygen atoms in total. The second-order valence-electron chi connectivity index (χ2n) is 5.42. The Labute approximate surface area is 150 Å². The number of anilines is 1. The lowest BCUT2D eigenvalue weighted by atomic mass is 10.3. The minimum atomic E-state index is -4.86. The van der Waals surface area contributed by atoms with E-state index in [1.807, 2.05) is 0 Å². The van der Waals surface area contributed by atoms with Gasteiger partial charge in [-0.3, -0.25) is 5.32 Å². The topological polar surface area (TPSA) is 74.7 Å². The second kappa shape index (κ2) is 8.16. The number of aliphatic hydroxyl groups is 1. The molecule has 146 valence electrons. The summed E-state index contributed by atoms with van der Waals surface area (Å²) in [7, 11) is 1.06. The molecule has 0 aliphatic carbocycles. The number of nitrogens with one attached hydrogen (secondary N) is 1. The Morgan fingerprint density at radius 3 is 2.52 bits per heavy atom. The van der Waals surface area contributed by atoms with Crippen LogP contribution < -0.4 is 10.1 Å². The fourth-order valence-corrected chi connectivity index (χ4v) is 1.87. The normalized spacial score (nSPS) is 12.4. The molecule has 0 fully saturated rings. The highest BCUT2D eigenvalue weighted by Crippen LogP contribution is 2.25. The van der Waals surface area contributed by atoms with Crippen molar-refractivity contribution in [2.75, 3.05) is 18.9 Å². The maximum Gasteiger partial charge on any atom is 0.416 e. The van der Waals surface area contributed by atoms with Crippen LogP contribution in [0.1, 0.15) is 0 Å². The first-order valence-electron chi connectivity index (χ1n) is 7.42. The zero-order valence-electron chi connectivity index (χ0n) is 13.8. The molecule has 2 aromatic rings. The molecule has 2 amide bonds. The molecule has 1 atom stereocenters. The molecule has 0 saturated heterocycles. The third kappa shape index (κ3) is 5.78. The lowest BCUT2D eigenvalue weighted by Crippen LogP contribution is -2.43. The van der Waals surface area contributed by atoms with Crippen LogP contribution in [0.3, 0.4) is 0 Å². The van der Waals surface area contributed by atoms with Crippen LogP contribution in [0.25, 0.3) is 0 Å². The van der Waals surface area contributed by atoms with Crippen LogP contribution >= 0.6 is 0 Å². The van der Waals surface area contributed by atoms with Crippen LogP contribution in [-0.4, -0.2) is 46.9 Å². The van der Waals surface area contributed by atoms with E-state index in [2.05, 4.69) is 10.3 Å². The van der Waals surface area contributed by atoms with Gasteiger partial charge in [0, 0.05) is 25.4 Å². The maximum absolute atomic E-state index is 13.2. The van der Waals surface area contributed by atoms with E-state index in [1.165, 1.54) is 24.4 Å². The third-order valence-corrected chi connectivity index (χ3v) is 3.26. The fraction of sp³-hybridized carbons (Fsp3) is 0.250. The number of amides is 2. The van der Waals surface area contributed by atoms with Gasteiger partial charge >= 0.3 is 12.2 Å². The van der Waals surface area contributed by atoms with Crippen molar-refractivity contribution in [3.63, 3.8) is 0 Å². The summed E-state index contributed by atoms with van der Waals surface area (Å²) in [5, 5.41) is 11.2. The summed E-state index contributed by atoms with van der Waals surface area (Å²) in [4.78, 5) is 16.3. The molecule has 1 heterocycles. The lowest BCUT2D eigenvalue weighted by Gasteiger charge is -2.22. The van der Waals surface area contributed by atoms with Gasteiger partial charge in [-0.25, -0.2) is 18.6 Å². The van der Waals surface area contributed by atoms with Gasteiger partial charge in [0.05, 0.1) is 6.54 Å². The number of rotatable bonds is 5. The molecule has 1 aromatic carbocycles. The molecule has 1 aromatic heterocycles. The number of pyridine rings is 1. The smallest absolute Gasteiger partial charge is 0.416 e. The zero-order chi connectivity index (χ0) is 20.2. The van der Waals surface area contributed by atoms with Crippen molar-refractivity contribution in [2.24, 2.45) is 0 Å². The van der Waals surface area contributed by atoms with E-state index >= 15 is 0 Å². The largest absolute Gasteiger partial charge is 0.457 e. The Morgan fingerprint density at radius 1 is 1.22 bits per heavy atom. The first-order valence-corrected chi connectivity index (χ1v) is 7.42. The van der Waals surface area contributed by atoms with Gasteiger partial charge in [-0.05, 0) is 18.2 Å². The van der Waals surface area contributed by atoms with E-state index in [4.69, 9.17) is 9.84 Å². The number of benzene rings is 1. The van der Waals surface area contributed by atoms with Gasteiger partial charge in [0.25, 0.3) is 0 Å². The van der Waals surface area contributed by atoms with E-state index in [9.17, 15) is 26.7 Å². The third-order valence-electron chi connectivity index (χ3n) is 3.26. The number of hydrogen-bond donors (Lipinski definition) is 2. The minimum Gasteiger partial charge on any atom is -0.457 e. The van der Waals surface area contributed by atoms with Gasteiger partial charge in [0.1, 0.15) is 17.3 Å². The first kappa shape index (κ1) is 20.4. The number of hydrogen-bond acceptors (Lipinski definition) is 4. The summed E-state index contributed by atoms with van der Waals surface area (Å²) in [6.07, 6.45) is -6.32. The lowest BCUT2D eigenvalue weighted by molar-refractivity contribution is -0.205. The highest BCUT2D eigenvalue weighted by Gasteiger charge is 2.39. The summed E-state index contributed by atoms with van der Waals surface area (Å²) in [6, 6.07) is 4.52. The maximum atomic E-state index is 13.2. The molecule has 0 aliphatic rings. The average molecular weight is 391 g/mol. The molecular formula is C16H14F5N3O3. The van der Waals surface area contributed by atoms with Crippen LogP contribution in [-0.2, 0) is 0 Å². The molecule has 2 N–H and O–H groups in total. The predicted molar refractivity (Wildman–Crippen MR) is 84.4 cm³/mol. The Hall–Kier alpha value is -2.95. The molecule has 11 heteroatoms. The molecule has 0 aliphatic heterocycles. The van der Waals surface area contributed by atoms with Crippen LogP contribution in [0.5, 0.6) is 11.5 Å². The Balaban J connectivity index is 2.02. The molecule has 0 bridgehead atoms. The summed E-state index contributed by atoms with van der Waals surface area (Å²) in [5.74, 6) is -2.12. The quantitative estimate of drug-likeness (QED) is 0.765. The number of urea groups is 1. The molecule has 27 heavy (non-hydrogen) atoms. The van der Waals surface area contributed by atoms with Gasteiger partial charge < -0.3 is 14.7 Å². The van der Waals surface area contributed by atoms with Gasteiger partial charge in [-0.1, -0.05) is 0 Å².